The highest BCUT2D eigenvalue weighted by Crippen LogP contribution is 2.30. The number of phenolic OH excluding ortho intramolecular Hbond substituents is 1. The van der Waals surface area contributed by atoms with E-state index < -0.39 is 5.97 Å². The summed E-state index contributed by atoms with van der Waals surface area (Å²) in [4.78, 5) is 13.6. The molecule has 1 aromatic heterocycles. The van der Waals surface area contributed by atoms with E-state index in [1.165, 1.54) is 12.3 Å². The number of phenols is 1. The zero-order chi connectivity index (χ0) is 10.8. The molecular formula is C11H9NO3. The number of aromatic carboxylic acids is 1. The van der Waals surface area contributed by atoms with Gasteiger partial charge >= 0.3 is 5.97 Å². The minimum atomic E-state index is -1.02. The van der Waals surface area contributed by atoms with Crippen LogP contribution in [0.5, 0.6) is 5.75 Å². The number of carbonyl (C=O) groups is 1. The molecule has 0 aliphatic heterocycles. The quantitative estimate of drug-likeness (QED) is 0.699. The topological polar surface area (TPSA) is 73.3 Å². The van der Waals surface area contributed by atoms with Crippen LogP contribution in [0.1, 0.15) is 10.4 Å². The Hall–Kier alpha value is -2.23. The number of benzene rings is 1. The molecule has 0 aliphatic carbocycles. The molecule has 0 spiro atoms. The van der Waals surface area contributed by atoms with Crippen LogP contribution in [0.15, 0.2) is 36.7 Å². The van der Waals surface area contributed by atoms with Gasteiger partial charge in [-0.15, -0.1) is 0 Å². The van der Waals surface area contributed by atoms with Crippen molar-refractivity contribution < 1.29 is 15.0 Å². The molecule has 2 aromatic rings. The number of aromatic nitrogens is 1. The molecule has 1 aromatic carbocycles. The van der Waals surface area contributed by atoms with Crippen molar-refractivity contribution in [1.29, 1.82) is 0 Å². The Morgan fingerprint density at radius 3 is 2.53 bits per heavy atom. The normalized spacial score (nSPS) is 10.1. The van der Waals surface area contributed by atoms with E-state index in [1.54, 1.807) is 24.4 Å². The Balaban J connectivity index is 2.59. The highest BCUT2D eigenvalue weighted by Gasteiger charge is 2.14. The molecular weight excluding hydrogens is 194 g/mol. The fourth-order valence-electron chi connectivity index (χ4n) is 1.47. The molecule has 0 aliphatic rings. The van der Waals surface area contributed by atoms with Crippen LogP contribution in [0.3, 0.4) is 0 Å². The maximum atomic E-state index is 10.9. The summed E-state index contributed by atoms with van der Waals surface area (Å²) < 4.78 is 0. The van der Waals surface area contributed by atoms with Crippen molar-refractivity contribution in [3.05, 3.63) is 42.2 Å². The molecule has 0 radical (unpaired) electrons. The summed E-state index contributed by atoms with van der Waals surface area (Å²) >= 11 is 0. The van der Waals surface area contributed by atoms with Gasteiger partial charge in [0.05, 0.1) is 5.56 Å². The van der Waals surface area contributed by atoms with Crippen molar-refractivity contribution in [2.45, 2.75) is 0 Å². The maximum absolute atomic E-state index is 10.9. The lowest BCUT2D eigenvalue weighted by molar-refractivity contribution is 0.0698. The fraction of sp³-hybridized carbons (Fsp3) is 0. The molecule has 76 valence electrons. The Kier molecular flexibility index (Phi) is 2.17. The number of nitrogens with one attached hydrogen (secondary N) is 1. The molecule has 0 saturated carbocycles. The van der Waals surface area contributed by atoms with Gasteiger partial charge in [0, 0.05) is 23.5 Å². The van der Waals surface area contributed by atoms with Crippen molar-refractivity contribution in [1.82, 2.24) is 4.98 Å². The van der Waals surface area contributed by atoms with E-state index in [0.717, 1.165) is 0 Å². The van der Waals surface area contributed by atoms with Gasteiger partial charge in [-0.1, -0.05) is 18.2 Å². The van der Waals surface area contributed by atoms with Crippen molar-refractivity contribution in [2.75, 3.05) is 0 Å². The number of hydrogen-bond donors (Lipinski definition) is 3. The summed E-state index contributed by atoms with van der Waals surface area (Å²) in [5.74, 6) is -0.950. The highest BCUT2D eigenvalue weighted by atomic mass is 16.4. The Morgan fingerprint density at radius 1 is 1.13 bits per heavy atom. The average Bonchev–Trinajstić information content (AvgIpc) is 2.67. The SMILES string of the molecule is O=C(O)c1c[nH]cc1-c1ccccc1O. The summed E-state index contributed by atoms with van der Waals surface area (Å²) in [5.41, 5.74) is 1.15. The van der Waals surface area contributed by atoms with E-state index in [1.807, 2.05) is 0 Å². The predicted molar refractivity (Wildman–Crippen MR) is 54.9 cm³/mol. The van der Waals surface area contributed by atoms with Crippen molar-refractivity contribution in [3.63, 3.8) is 0 Å². The molecule has 1 heterocycles. The van der Waals surface area contributed by atoms with Gasteiger partial charge in [0.25, 0.3) is 0 Å². The average molecular weight is 203 g/mol. The second-order valence-electron chi connectivity index (χ2n) is 3.10. The van der Waals surface area contributed by atoms with Crippen molar-refractivity contribution >= 4 is 5.97 Å². The van der Waals surface area contributed by atoms with Crippen LogP contribution >= 0.6 is 0 Å². The highest BCUT2D eigenvalue weighted by molar-refractivity contribution is 5.96. The molecule has 0 unspecified atom stereocenters. The molecule has 15 heavy (non-hydrogen) atoms. The van der Waals surface area contributed by atoms with Crippen LogP contribution in [-0.2, 0) is 0 Å². The molecule has 0 bridgehead atoms. The van der Waals surface area contributed by atoms with E-state index in [-0.39, 0.29) is 11.3 Å². The number of carboxylic acid groups (broad SMARTS) is 1. The molecule has 0 saturated heterocycles. The van der Waals surface area contributed by atoms with Crippen LogP contribution in [0.4, 0.5) is 0 Å². The standard InChI is InChI=1S/C11H9NO3/c13-10-4-2-1-3-7(10)8-5-12-6-9(8)11(14)15/h1-6,12-13H,(H,14,15). The predicted octanol–water partition coefficient (Wildman–Crippen LogP) is 2.09. The zero-order valence-corrected chi connectivity index (χ0v) is 7.77. The molecule has 4 nitrogen and oxygen atoms in total. The third-order valence-electron chi connectivity index (χ3n) is 2.17. The van der Waals surface area contributed by atoms with E-state index >= 15 is 0 Å². The first-order valence-corrected chi connectivity index (χ1v) is 4.38. The van der Waals surface area contributed by atoms with Crippen LogP contribution in [0, 0.1) is 0 Å². The minimum Gasteiger partial charge on any atom is -0.507 e. The zero-order valence-electron chi connectivity index (χ0n) is 7.77. The largest absolute Gasteiger partial charge is 0.507 e. The van der Waals surface area contributed by atoms with Gasteiger partial charge in [0.15, 0.2) is 0 Å². The lowest BCUT2D eigenvalue weighted by Gasteiger charge is -2.02. The van der Waals surface area contributed by atoms with Crippen LogP contribution in [-0.4, -0.2) is 21.2 Å². The molecule has 0 amide bonds. The van der Waals surface area contributed by atoms with Crippen molar-refractivity contribution in [3.8, 4) is 16.9 Å². The Labute approximate surface area is 85.8 Å². The number of aromatic hydroxyl groups is 1. The molecule has 4 heteroatoms. The van der Waals surface area contributed by atoms with E-state index in [0.29, 0.717) is 11.1 Å². The van der Waals surface area contributed by atoms with Crippen LogP contribution < -0.4 is 0 Å². The lowest BCUT2D eigenvalue weighted by atomic mass is 10.0. The molecule has 2 rings (SSSR count). The first-order chi connectivity index (χ1) is 7.20. The van der Waals surface area contributed by atoms with Gasteiger partial charge in [-0.3, -0.25) is 0 Å². The first kappa shape index (κ1) is 9.33. The van der Waals surface area contributed by atoms with Crippen LogP contribution in [0.25, 0.3) is 11.1 Å². The molecule has 0 atom stereocenters. The number of rotatable bonds is 2. The molecule has 0 fully saturated rings. The van der Waals surface area contributed by atoms with Gasteiger partial charge in [-0.05, 0) is 6.07 Å². The third-order valence-corrected chi connectivity index (χ3v) is 2.17. The summed E-state index contributed by atoms with van der Waals surface area (Å²) in [7, 11) is 0. The van der Waals surface area contributed by atoms with Gasteiger partial charge in [-0.25, -0.2) is 4.79 Å². The summed E-state index contributed by atoms with van der Waals surface area (Å²) in [5, 5.41) is 18.5. The second kappa shape index (κ2) is 3.49. The fourth-order valence-corrected chi connectivity index (χ4v) is 1.47. The monoisotopic (exact) mass is 203 g/mol. The summed E-state index contributed by atoms with van der Waals surface area (Å²) in [6.45, 7) is 0. The van der Waals surface area contributed by atoms with E-state index in [9.17, 15) is 9.90 Å². The number of H-pyrrole nitrogens is 1. The van der Waals surface area contributed by atoms with E-state index in [4.69, 9.17) is 5.11 Å². The van der Waals surface area contributed by atoms with Crippen molar-refractivity contribution in [2.24, 2.45) is 0 Å². The first-order valence-electron chi connectivity index (χ1n) is 4.38. The second-order valence-corrected chi connectivity index (χ2v) is 3.10. The van der Waals surface area contributed by atoms with Gasteiger partial charge in [0.2, 0.25) is 0 Å². The Morgan fingerprint density at radius 2 is 1.87 bits per heavy atom. The summed E-state index contributed by atoms with van der Waals surface area (Å²) in [6.07, 6.45) is 2.95. The summed E-state index contributed by atoms with van der Waals surface area (Å²) in [6, 6.07) is 6.62. The van der Waals surface area contributed by atoms with Crippen LogP contribution in [0.2, 0.25) is 0 Å². The third kappa shape index (κ3) is 1.57. The van der Waals surface area contributed by atoms with Gasteiger partial charge < -0.3 is 15.2 Å². The number of carboxylic acids is 1. The number of aromatic amines is 1. The lowest BCUT2D eigenvalue weighted by Crippen LogP contribution is -1.95. The smallest absolute Gasteiger partial charge is 0.337 e. The maximum Gasteiger partial charge on any atom is 0.337 e. The number of para-hydroxylation sites is 1. The Bertz CT molecular complexity index is 502. The van der Waals surface area contributed by atoms with Gasteiger partial charge in [-0.2, -0.15) is 0 Å². The van der Waals surface area contributed by atoms with E-state index in [2.05, 4.69) is 4.98 Å². The minimum absolute atomic E-state index is 0.0691. The molecule has 3 N–H and O–H groups in total. The van der Waals surface area contributed by atoms with Gasteiger partial charge in [0.1, 0.15) is 5.75 Å². The number of hydrogen-bond acceptors (Lipinski definition) is 2.